The zero-order valence-electron chi connectivity index (χ0n) is 12.9. The third-order valence-corrected chi connectivity index (χ3v) is 5.17. The summed E-state index contributed by atoms with van der Waals surface area (Å²) in [6, 6.07) is 10.2. The van der Waals surface area contributed by atoms with E-state index in [1.807, 2.05) is 25.1 Å². The van der Waals surface area contributed by atoms with Crippen molar-refractivity contribution < 1.29 is 9.69 Å². The van der Waals surface area contributed by atoms with Crippen molar-refractivity contribution in [1.82, 2.24) is 4.98 Å². The fraction of sp³-hybridized carbons (Fsp3) is 0.412. The van der Waals surface area contributed by atoms with Gasteiger partial charge in [-0.1, -0.05) is 41.7 Å². The highest BCUT2D eigenvalue weighted by Gasteiger charge is 2.18. The van der Waals surface area contributed by atoms with Gasteiger partial charge in [0.2, 0.25) is 0 Å². The molecule has 1 amide bonds. The van der Waals surface area contributed by atoms with Crippen molar-refractivity contribution in [3.63, 3.8) is 0 Å². The second kappa shape index (κ2) is 7.03. The number of nitrogens with one attached hydrogen (secondary N) is 2. The van der Waals surface area contributed by atoms with Crippen LogP contribution in [-0.4, -0.2) is 30.5 Å². The number of carbonyl (C=O) groups is 1. The van der Waals surface area contributed by atoms with E-state index in [4.69, 9.17) is 0 Å². The number of piperidine rings is 1. The normalized spacial score (nSPS) is 15.7. The maximum Gasteiger partial charge on any atom is 0.281 e. The monoisotopic (exact) mass is 316 g/mol. The number of nitrogens with zero attached hydrogens (tertiary/aromatic N) is 1. The van der Waals surface area contributed by atoms with Crippen LogP contribution in [-0.2, 0) is 4.79 Å². The summed E-state index contributed by atoms with van der Waals surface area (Å²) in [7, 11) is 0. The van der Waals surface area contributed by atoms with Gasteiger partial charge in [-0.05, 0) is 31.7 Å². The molecule has 4 nitrogen and oxygen atoms in total. The van der Waals surface area contributed by atoms with Gasteiger partial charge < -0.3 is 4.90 Å². The summed E-state index contributed by atoms with van der Waals surface area (Å²) >= 11 is 1.55. The molecular formula is C17H22N3OS+. The molecule has 0 unspecified atom stereocenters. The maximum absolute atomic E-state index is 12.2. The van der Waals surface area contributed by atoms with Gasteiger partial charge >= 0.3 is 0 Å². The Kier molecular flexibility index (Phi) is 4.85. The van der Waals surface area contributed by atoms with Gasteiger partial charge in [-0.3, -0.25) is 10.1 Å². The van der Waals surface area contributed by atoms with Crippen molar-refractivity contribution in [3.8, 4) is 10.4 Å². The molecule has 0 saturated carbocycles. The number of carbonyl (C=O) groups excluding carboxylic acids is 1. The Labute approximate surface area is 135 Å². The predicted molar refractivity (Wildman–Crippen MR) is 90.3 cm³/mol. The van der Waals surface area contributed by atoms with Gasteiger partial charge in [0.1, 0.15) is 0 Å². The minimum atomic E-state index is 0.0743. The predicted octanol–water partition coefficient (Wildman–Crippen LogP) is 2.13. The summed E-state index contributed by atoms with van der Waals surface area (Å²) in [5.74, 6) is 0.0743. The van der Waals surface area contributed by atoms with Crippen LogP contribution in [0.1, 0.15) is 25.0 Å². The summed E-state index contributed by atoms with van der Waals surface area (Å²) in [4.78, 5) is 19.2. The zero-order valence-corrected chi connectivity index (χ0v) is 13.7. The SMILES string of the molecule is Cc1nc(NC(=O)C[NH+]2CCCCC2)sc1-c1ccccc1. The number of aromatic nitrogens is 1. The number of aryl methyl sites for hydroxylation is 1. The smallest absolute Gasteiger partial charge is 0.281 e. The van der Waals surface area contributed by atoms with Crippen molar-refractivity contribution in [1.29, 1.82) is 0 Å². The van der Waals surface area contributed by atoms with Crippen LogP contribution in [0.5, 0.6) is 0 Å². The molecule has 1 aromatic heterocycles. The number of hydrogen-bond acceptors (Lipinski definition) is 3. The van der Waals surface area contributed by atoms with Gasteiger partial charge in [0.25, 0.3) is 5.91 Å². The lowest BCUT2D eigenvalue weighted by Crippen LogP contribution is -3.13. The van der Waals surface area contributed by atoms with E-state index in [-0.39, 0.29) is 5.91 Å². The number of likely N-dealkylation sites (tertiary alicyclic amines) is 1. The minimum Gasteiger partial charge on any atom is -0.327 e. The Hall–Kier alpha value is -1.72. The van der Waals surface area contributed by atoms with E-state index in [2.05, 4.69) is 22.4 Å². The van der Waals surface area contributed by atoms with Crippen molar-refractivity contribution in [3.05, 3.63) is 36.0 Å². The van der Waals surface area contributed by atoms with Crippen LogP contribution in [0, 0.1) is 6.92 Å². The molecule has 1 aliphatic rings. The summed E-state index contributed by atoms with van der Waals surface area (Å²) in [6.07, 6.45) is 3.77. The van der Waals surface area contributed by atoms with Crippen molar-refractivity contribution >= 4 is 22.4 Å². The number of anilines is 1. The highest BCUT2D eigenvalue weighted by Crippen LogP contribution is 2.32. The van der Waals surface area contributed by atoms with E-state index >= 15 is 0 Å². The molecule has 1 aliphatic heterocycles. The first-order valence-corrected chi connectivity index (χ1v) is 8.70. The minimum absolute atomic E-state index is 0.0743. The van der Waals surface area contributed by atoms with E-state index in [0.29, 0.717) is 11.7 Å². The highest BCUT2D eigenvalue weighted by atomic mass is 32.1. The third kappa shape index (κ3) is 3.72. The largest absolute Gasteiger partial charge is 0.327 e. The van der Waals surface area contributed by atoms with Gasteiger partial charge in [0, 0.05) is 0 Å². The first-order valence-electron chi connectivity index (χ1n) is 7.88. The molecule has 2 aromatic rings. The molecule has 5 heteroatoms. The Morgan fingerprint density at radius 2 is 1.95 bits per heavy atom. The van der Waals surface area contributed by atoms with E-state index in [9.17, 15) is 4.79 Å². The van der Waals surface area contributed by atoms with Gasteiger partial charge in [-0.25, -0.2) is 4.98 Å². The Balaban J connectivity index is 1.64. The molecule has 22 heavy (non-hydrogen) atoms. The number of rotatable bonds is 4. The molecule has 0 spiro atoms. The Bertz CT molecular complexity index is 633. The second-order valence-electron chi connectivity index (χ2n) is 5.84. The lowest BCUT2D eigenvalue weighted by molar-refractivity contribution is -0.896. The number of thiazole rings is 1. The third-order valence-electron chi connectivity index (χ3n) is 4.05. The van der Waals surface area contributed by atoms with Crippen molar-refractivity contribution in [2.45, 2.75) is 26.2 Å². The van der Waals surface area contributed by atoms with Crippen LogP contribution in [0.15, 0.2) is 30.3 Å². The van der Waals surface area contributed by atoms with Crippen LogP contribution in [0.3, 0.4) is 0 Å². The standard InChI is InChI=1S/C17H21N3OS/c1-13-16(14-8-4-2-5-9-14)22-17(18-13)19-15(21)12-20-10-6-3-7-11-20/h2,4-5,8-9H,3,6-7,10-12H2,1H3,(H,18,19,21)/p+1. The van der Waals surface area contributed by atoms with Crippen LogP contribution < -0.4 is 10.2 Å². The van der Waals surface area contributed by atoms with E-state index in [0.717, 1.165) is 29.2 Å². The molecule has 116 valence electrons. The number of amides is 1. The molecule has 2 N–H and O–H groups in total. The van der Waals surface area contributed by atoms with E-state index in [1.54, 1.807) is 11.3 Å². The van der Waals surface area contributed by atoms with Crippen LogP contribution >= 0.6 is 11.3 Å². The van der Waals surface area contributed by atoms with Crippen LogP contribution in [0.4, 0.5) is 5.13 Å². The van der Waals surface area contributed by atoms with Crippen molar-refractivity contribution in [2.24, 2.45) is 0 Å². The van der Waals surface area contributed by atoms with Gasteiger partial charge in [0.15, 0.2) is 11.7 Å². The maximum atomic E-state index is 12.2. The first-order chi connectivity index (χ1) is 10.7. The van der Waals surface area contributed by atoms with Crippen LogP contribution in [0.2, 0.25) is 0 Å². The molecule has 0 atom stereocenters. The topological polar surface area (TPSA) is 46.4 Å². The second-order valence-corrected chi connectivity index (χ2v) is 6.83. The fourth-order valence-electron chi connectivity index (χ4n) is 2.93. The van der Waals surface area contributed by atoms with Gasteiger partial charge in [-0.2, -0.15) is 0 Å². The van der Waals surface area contributed by atoms with Gasteiger partial charge in [0.05, 0.1) is 23.7 Å². The molecule has 0 bridgehead atoms. The van der Waals surface area contributed by atoms with E-state index < -0.39 is 0 Å². The molecule has 0 radical (unpaired) electrons. The highest BCUT2D eigenvalue weighted by molar-refractivity contribution is 7.19. The fourth-order valence-corrected chi connectivity index (χ4v) is 3.91. The number of quaternary nitrogens is 1. The molecule has 0 aliphatic carbocycles. The summed E-state index contributed by atoms with van der Waals surface area (Å²) in [5.41, 5.74) is 2.12. The molecule has 1 aromatic carbocycles. The lowest BCUT2D eigenvalue weighted by atomic mass is 10.1. The Morgan fingerprint density at radius 3 is 2.68 bits per heavy atom. The first kappa shape index (κ1) is 15.2. The van der Waals surface area contributed by atoms with Crippen molar-refractivity contribution in [2.75, 3.05) is 25.0 Å². The quantitative estimate of drug-likeness (QED) is 0.908. The molecule has 3 rings (SSSR count). The Morgan fingerprint density at radius 1 is 1.23 bits per heavy atom. The lowest BCUT2D eigenvalue weighted by Gasteiger charge is -2.22. The molecule has 1 fully saturated rings. The molecule has 2 heterocycles. The summed E-state index contributed by atoms with van der Waals surface area (Å²) in [5, 5.41) is 3.67. The average molecular weight is 316 g/mol. The van der Waals surface area contributed by atoms with Crippen LogP contribution in [0.25, 0.3) is 10.4 Å². The van der Waals surface area contributed by atoms with E-state index in [1.165, 1.54) is 24.2 Å². The number of benzene rings is 1. The molecule has 1 saturated heterocycles. The number of hydrogen-bond donors (Lipinski definition) is 2. The zero-order chi connectivity index (χ0) is 15.4. The summed E-state index contributed by atoms with van der Waals surface area (Å²) < 4.78 is 0. The van der Waals surface area contributed by atoms with Gasteiger partial charge in [-0.15, -0.1) is 0 Å². The average Bonchev–Trinajstić information content (AvgIpc) is 2.89. The molecular weight excluding hydrogens is 294 g/mol. The summed E-state index contributed by atoms with van der Waals surface area (Å²) in [6.45, 7) is 4.77.